The molecule has 0 spiro atoms. The molecule has 1 saturated heterocycles. The van der Waals surface area contributed by atoms with Crippen LogP contribution >= 0.6 is 11.3 Å². The first-order valence-electron chi connectivity index (χ1n) is 9.26. The van der Waals surface area contributed by atoms with Gasteiger partial charge in [0.25, 0.3) is 0 Å². The number of aromatic nitrogens is 1. The zero-order valence-corrected chi connectivity index (χ0v) is 16.8. The fourth-order valence-corrected chi connectivity index (χ4v) is 4.19. The average molecular weight is 398 g/mol. The van der Waals surface area contributed by atoms with E-state index < -0.39 is 0 Å². The minimum atomic E-state index is 0.0254. The number of fused-ring (bicyclic) bond motifs is 1. The molecule has 7 heteroatoms. The second kappa shape index (κ2) is 8.06. The van der Waals surface area contributed by atoms with Crippen LogP contribution < -0.4 is 19.7 Å². The number of carbonyl (C=O) groups excluding carboxylic acids is 1. The lowest BCUT2D eigenvalue weighted by Gasteiger charge is -2.37. The van der Waals surface area contributed by atoms with Crippen LogP contribution in [0.25, 0.3) is 10.2 Å². The second-order valence-corrected chi connectivity index (χ2v) is 7.83. The monoisotopic (exact) mass is 397 g/mol. The fourth-order valence-electron chi connectivity index (χ4n) is 3.22. The molecule has 2 heterocycles. The summed E-state index contributed by atoms with van der Waals surface area (Å²) in [6.07, 6.45) is 0.811. The van der Waals surface area contributed by atoms with Gasteiger partial charge in [-0.3, -0.25) is 4.79 Å². The van der Waals surface area contributed by atoms with Crippen molar-refractivity contribution in [1.29, 1.82) is 0 Å². The lowest BCUT2D eigenvalue weighted by atomic mass is 10.00. The minimum Gasteiger partial charge on any atom is -0.497 e. The summed E-state index contributed by atoms with van der Waals surface area (Å²) in [5.74, 6) is 1.79. The SMILES string of the molecule is COc1ccc(CCNC(=O)C2CN(c3nc4cc(OC)ccc4s3)C2)cc1. The smallest absolute Gasteiger partial charge is 0.226 e. The molecule has 2 aromatic carbocycles. The summed E-state index contributed by atoms with van der Waals surface area (Å²) in [6, 6.07) is 13.8. The maximum atomic E-state index is 12.4. The van der Waals surface area contributed by atoms with Crippen molar-refractivity contribution >= 4 is 32.6 Å². The molecular formula is C21H23N3O3S. The van der Waals surface area contributed by atoms with Crippen LogP contribution in [0, 0.1) is 5.92 Å². The van der Waals surface area contributed by atoms with Gasteiger partial charge in [-0.1, -0.05) is 23.5 Å². The van der Waals surface area contributed by atoms with Gasteiger partial charge in [0, 0.05) is 25.7 Å². The van der Waals surface area contributed by atoms with Crippen molar-refractivity contribution in [2.45, 2.75) is 6.42 Å². The molecule has 0 radical (unpaired) electrons. The van der Waals surface area contributed by atoms with Crippen molar-refractivity contribution in [3.05, 3.63) is 48.0 Å². The maximum Gasteiger partial charge on any atom is 0.226 e. The quantitative estimate of drug-likeness (QED) is 0.664. The molecular weight excluding hydrogens is 374 g/mol. The Balaban J connectivity index is 1.25. The second-order valence-electron chi connectivity index (χ2n) is 6.82. The van der Waals surface area contributed by atoms with E-state index in [1.165, 1.54) is 5.56 Å². The van der Waals surface area contributed by atoms with Gasteiger partial charge in [0.05, 0.1) is 30.4 Å². The largest absolute Gasteiger partial charge is 0.497 e. The van der Waals surface area contributed by atoms with Crippen LogP contribution in [0.2, 0.25) is 0 Å². The number of benzene rings is 2. The van der Waals surface area contributed by atoms with Crippen molar-refractivity contribution in [3.8, 4) is 11.5 Å². The van der Waals surface area contributed by atoms with Crippen LogP contribution in [0.15, 0.2) is 42.5 Å². The van der Waals surface area contributed by atoms with Crippen LogP contribution in [0.4, 0.5) is 5.13 Å². The van der Waals surface area contributed by atoms with Gasteiger partial charge in [0.15, 0.2) is 5.13 Å². The van der Waals surface area contributed by atoms with E-state index in [4.69, 9.17) is 9.47 Å². The Morgan fingerprint density at radius 2 is 1.86 bits per heavy atom. The van der Waals surface area contributed by atoms with E-state index in [0.717, 1.165) is 33.3 Å². The summed E-state index contributed by atoms with van der Waals surface area (Å²) < 4.78 is 11.5. The molecule has 0 aliphatic carbocycles. The summed E-state index contributed by atoms with van der Waals surface area (Å²) >= 11 is 1.65. The first-order chi connectivity index (χ1) is 13.7. The lowest BCUT2D eigenvalue weighted by Crippen LogP contribution is -2.54. The molecule has 1 fully saturated rings. The number of hydrogen-bond acceptors (Lipinski definition) is 6. The van der Waals surface area contributed by atoms with Gasteiger partial charge < -0.3 is 19.7 Å². The van der Waals surface area contributed by atoms with E-state index in [1.54, 1.807) is 25.6 Å². The molecule has 1 N–H and O–H groups in total. The number of carbonyl (C=O) groups is 1. The van der Waals surface area contributed by atoms with Crippen LogP contribution in [-0.4, -0.2) is 44.7 Å². The van der Waals surface area contributed by atoms with Gasteiger partial charge in [-0.2, -0.15) is 0 Å². The molecule has 1 aliphatic heterocycles. The number of ether oxygens (including phenoxy) is 2. The minimum absolute atomic E-state index is 0.0254. The summed E-state index contributed by atoms with van der Waals surface area (Å²) in [5.41, 5.74) is 2.12. The zero-order valence-electron chi connectivity index (χ0n) is 16.0. The lowest BCUT2D eigenvalue weighted by molar-refractivity contribution is -0.125. The van der Waals surface area contributed by atoms with E-state index in [1.807, 2.05) is 42.5 Å². The zero-order chi connectivity index (χ0) is 19.5. The molecule has 0 bridgehead atoms. The first-order valence-corrected chi connectivity index (χ1v) is 10.1. The Labute approximate surface area is 168 Å². The molecule has 6 nitrogen and oxygen atoms in total. The summed E-state index contributed by atoms with van der Waals surface area (Å²) in [4.78, 5) is 19.2. The highest BCUT2D eigenvalue weighted by molar-refractivity contribution is 7.22. The number of thiazole rings is 1. The third kappa shape index (κ3) is 3.89. The van der Waals surface area contributed by atoms with E-state index in [9.17, 15) is 4.79 Å². The normalized spacial score (nSPS) is 14.0. The van der Waals surface area contributed by atoms with Crippen LogP contribution in [0.5, 0.6) is 11.5 Å². The number of hydrogen-bond donors (Lipinski definition) is 1. The molecule has 1 amide bonds. The van der Waals surface area contributed by atoms with Crippen molar-refractivity contribution in [2.24, 2.45) is 5.92 Å². The number of rotatable bonds is 7. The molecule has 1 aliphatic rings. The highest BCUT2D eigenvalue weighted by Gasteiger charge is 2.34. The van der Waals surface area contributed by atoms with E-state index in [0.29, 0.717) is 19.6 Å². The van der Waals surface area contributed by atoms with Crippen LogP contribution in [-0.2, 0) is 11.2 Å². The number of nitrogens with one attached hydrogen (secondary N) is 1. The summed E-state index contributed by atoms with van der Waals surface area (Å²) in [7, 11) is 3.31. The molecule has 1 aromatic heterocycles. The Morgan fingerprint density at radius 3 is 2.57 bits per heavy atom. The molecule has 28 heavy (non-hydrogen) atoms. The van der Waals surface area contributed by atoms with Crippen LogP contribution in [0.3, 0.4) is 0 Å². The van der Waals surface area contributed by atoms with Crippen molar-refractivity contribution in [2.75, 3.05) is 38.8 Å². The van der Waals surface area contributed by atoms with Gasteiger partial charge in [0.1, 0.15) is 11.5 Å². The van der Waals surface area contributed by atoms with Gasteiger partial charge in [0.2, 0.25) is 5.91 Å². The van der Waals surface area contributed by atoms with E-state index in [-0.39, 0.29) is 11.8 Å². The predicted molar refractivity (Wildman–Crippen MR) is 112 cm³/mol. The standard InChI is InChI=1S/C21H23N3O3S/c1-26-16-5-3-14(4-6-16)9-10-22-20(25)15-12-24(13-15)21-23-18-11-17(27-2)7-8-19(18)28-21/h3-8,11,15H,9-10,12-13H2,1-2H3,(H,22,25). The van der Waals surface area contributed by atoms with Gasteiger partial charge >= 0.3 is 0 Å². The van der Waals surface area contributed by atoms with E-state index in [2.05, 4.69) is 15.2 Å². The molecule has 3 aromatic rings. The average Bonchev–Trinajstić information content (AvgIpc) is 3.09. The van der Waals surface area contributed by atoms with Crippen molar-refractivity contribution in [1.82, 2.24) is 10.3 Å². The maximum absolute atomic E-state index is 12.4. The number of nitrogens with zero attached hydrogens (tertiary/aromatic N) is 2. The Hall–Kier alpha value is -2.80. The predicted octanol–water partition coefficient (Wildman–Crippen LogP) is 3.11. The highest BCUT2D eigenvalue weighted by Crippen LogP contribution is 2.34. The Kier molecular flexibility index (Phi) is 5.34. The van der Waals surface area contributed by atoms with E-state index >= 15 is 0 Å². The van der Waals surface area contributed by atoms with Gasteiger partial charge in [-0.05, 0) is 36.2 Å². The fraction of sp³-hybridized carbons (Fsp3) is 0.333. The summed E-state index contributed by atoms with van der Waals surface area (Å²) in [5, 5.41) is 4.01. The highest BCUT2D eigenvalue weighted by atomic mass is 32.1. The summed E-state index contributed by atoms with van der Waals surface area (Å²) in [6.45, 7) is 2.07. The van der Waals surface area contributed by atoms with Crippen molar-refractivity contribution in [3.63, 3.8) is 0 Å². The molecule has 0 saturated carbocycles. The third-order valence-corrected chi connectivity index (χ3v) is 6.08. The van der Waals surface area contributed by atoms with Crippen LogP contribution in [0.1, 0.15) is 5.56 Å². The molecule has 0 atom stereocenters. The Morgan fingerprint density at radius 1 is 1.14 bits per heavy atom. The van der Waals surface area contributed by atoms with Crippen molar-refractivity contribution < 1.29 is 14.3 Å². The topological polar surface area (TPSA) is 63.7 Å². The Bertz CT molecular complexity index is 965. The number of methoxy groups -OCH3 is 2. The third-order valence-electron chi connectivity index (χ3n) is 4.98. The molecule has 0 unspecified atom stereocenters. The number of anilines is 1. The first kappa shape index (κ1) is 18.6. The molecule has 4 rings (SSSR count). The van der Waals surface area contributed by atoms with Gasteiger partial charge in [-0.15, -0.1) is 0 Å². The number of amides is 1. The van der Waals surface area contributed by atoms with Gasteiger partial charge in [-0.25, -0.2) is 4.98 Å². The molecule has 146 valence electrons.